The van der Waals surface area contributed by atoms with Crippen LogP contribution in [0.15, 0.2) is 259 Å². The zero-order valence-electron chi connectivity index (χ0n) is 37.6. The molecular weight excluding hydrogens is 837 g/mol. The van der Waals surface area contributed by atoms with E-state index in [1.54, 1.807) is 0 Å². The van der Waals surface area contributed by atoms with Gasteiger partial charge in [-0.3, -0.25) is 0 Å². The third-order valence-electron chi connectivity index (χ3n) is 14.2. The van der Waals surface area contributed by atoms with Gasteiger partial charge >= 0.3 is 0 Å². The molecule has 0 aliphatic carbocycles. The molecule has 0 aliphatic rings. The molecule has 3 heteroatoms. The number of hydrogen-bond donors (Lipinski definition) is 0. The van der Waals surface area contributed by atoms with E-state index < -0.39 is 0 Å². The van der Waals surface area contributed by atoms with Crippen LogP contribution in [0.2, 0.25) is 0 Å². The molecule has 0 N–H and O–H groups in total. The number of benzene rings is 12. The maximum Gasteiger partial charge on any atom is 0.143 e. The van der Waals surface area contributed by atoms with E-state index in [2.05, 4.69) is 264 Å². The fourth-order valence-electron chi connectivity index (χ4n) is 11.0. The monoisotopic (exact) mass is 878 g/mol. The number of hydrogen-bond acceptors (Lipinski definition) is 2. The van der Waals surface area contributed by atoms with E-state index in [0.29, 0.717) is 0 Å². The fraction of sp³-hybridized carbons (Fsp3) is 0. The van der Waals surface area contributed by atoms with Gasteiger partial charge in [0.1, 0.15) is 11.2 Å². The van der Waals surface area contributed by atoms with E-state index >= 15 is 0 Å². The Morgan fingerprint density at radius 1 is 0.304 bits per heavy atom. The Morgan fingerprint density at radius 2 is 0.870 bits per heavy atom. The van der Waals surface area contributed by atoms with Crippen molar-refractivity contribution in [2.45, 2.75) is 0 Å². The number of nitrogens with zero attached hydrogens (tertiary/aromatic N) is 2. The second-order valence-electron chi connectivity index (χ2n) is 18.0. The average Bonchev–Trinajstić information content (AvgIpc) is 3.98. The van der Waals surface area contributed by atoms with Gasteiger partial charge in [-0.05, 0) is 128 Å². The molecular formula is C66H42N2O. The minimum Gasteiger partial charge on any atom is -0.455 e. The van der Waals surface area contributed by atoms with Gasteiger partial charge < -0.3 is 13.9 Å². The number of fused-ring (bicyclic) bond motifs is 11. The summed E-state index contributed by atoms with van der Waals surface area (Å²) < 4.78 is 9.07. The van der Waals surface area contributed by atoms with Crippen LogP contribution in [0.4, 0.5) is 17.1 Å². The second-order valence-corrected chi connectivity index (χ2v) is 18.0. The van der Waals surface area contributed by atoms with Crippen molar-refractivity contribution in [2.75, 3.05) is 4.90 Å². The summed E-state index contributed by atoms with van der Waals surface area (Å²) in [5, 5.41) is 12.1. The molecule has 0 radical (unpaired) electrons. The zero-order chi connectivity index (χ0) is 45.4. The molecule has 0 aliphatic heterocycles. The van der Waals surface area contributed by atoms with Crippen molar-refractivity contribution in [3.63, 3.8) is 0 Å². The number of para-hydroxylation sites is 3. The summed E-state index contributed by atoms with van der Waals surface area (Å²) in [6.07, 6.45) is 0. The molecule has 3 nitrogen and oxygen atoms in total. The first-order valence-corrected chi connectivity index (χ1v) is 23.7. The predicted octanol–water partition coefficient (Wildman–Crippen LogP) is 18.6. The lowest BCUT2D eigenvalue weighted by atomic mass is 9.93. The molecule has 69 heavy (non-hydrogen) atoms. The second kappa shape index (κ2) is 15.7. The number of furan rings is 1. The molecule has 0 saturated heterocycles. The number of aromatic nitrogens is 1. The van der Waals surface area contributed by atoms with E-state index in [1.807, 2.05) is 0 Å². The molecule has 0 bridgehead atoms. The van der Waals surface area contributed by atoms with Crippen LogP contribution in [-0.2, 0) is 0 Å². The Hall–Kier alpha value is -9.18. The maximum absolute atomic E-state index is 6.65. The van der Waals surface area contributed by atoms with Crippen LogP contribution in [0, 0.1) is 0 Å². The zero-order valence-corrected chi connectivity index (χ0v) is 37.6. The van der Waals surface area contributed by atoms with E-state index in [9.17, 15) is 0 Å². The average molecular weight is 879 g/mol. The molecule has 2 heterocycles. The highest BCUT2D eigenvalue weighted by Gasteiger charge is 2.20. The Labute approximate surface area is 399 Å². The smallest absolute Gasteiger partial charge is 0.143 e. The van der Waals surface area contributed by atoms with Gasteiger partial charge in [0.2, 0.25) is 0 Å². The van der Waals surface area contributed by atoms with Crippen LogP contribution in [0.1, 0.15) is 0 Å². The standard InChI is InChI=1S/C66H42N2O/c1-4-21-54-43(15-1)35-40-59-65-53(26-14-30-64(65)69-66(54)59)46-17-13-18-50(41-46)67(49-38-33-45(34-39-49)60-42-47-16-2-3-19-51(47)55-22-5-6-23-56(55)60)48-36-31-44(32-37-48)52-20-7-10-27-61(52)68-62-28-11-8-24-57(62)58-25-9-12-29-63(58)68/h1-42H. The Morgan fingerprint density at radius 3 is 1.61 bits per heavy atom. The van der Waals surface area contributed by atoms with E-state index in [1.165, 1.54) is 65.4 Å². The van der Waals surface area contributed by atoms with Gasteiger partial charge in [0.25, 0.3) is 0 Å². The van der Waals surface area contributed by atoms with Gasteiger partial charge in [-0.15, -0.1) is 0 Å². The molecule has 0 amide bonds. The van der Waals surface area contributed by atoms with Gasteiger partial charge in [0.15, 0.2) is 0 Å². The van der Waals surface area contributed by atoms with Gasteiger partial charge in [0, 0.05) is 49.6 Å². The van der Waals surface area contributed by atoms with Gasteiger partial charge in [-0.2, -0.15) is 0 Å². The van der Waals surface area contributed by atoms with Crippen molar-refractivity contribution in [1.82, 2.24) is 4.57 Å². The summed E-state index contributed by atoms with van der Waals surface area (Å²) in [5.74, 6) is 0. The first-order chi connectivity index (χ1) is 34.2. The van der Waals surface area contributed by atoms with Crippen LogP contribution in [-0.4, -0.2) is 4.57 Å². The summed E-state index contributed by atoms with van der Waals surface area (Å²) in [4.78, 5) is 2.38. The fourth-order valence-corrected chi connectivity index (χ4v) is 11.0. The van der Waals surface area contributed by atoms with E-state index in [-0.39, 0.29) is 0 Å². The van der Waals surface area contributed by atoms with Gasteiger partial charge in [-0.1, -0.05) is 182 Å². The quantitative estimate of drug-likeness (QED) is 0.149. The lowest BCUT2D eigenvalue weighted by Gasteiger charge is -2.27. The summed E-state index contributed by atoms with van der Waals surface area (Å²) in [6.45, 7) is 0. The van der Waals surface area contributed by atoms with Crippen LogP contribution in [0.25, 0.3) is 115 Å². The normalized spacial score (nSPS) is 11.8. The first kappa shape index (κ1) is 39.0. The molecule has 0 saturated carbocycles. The number of rotatable bonds is 7. The van der Waals surface area contributed by atoms with Crippen molar-refractivity contribution >= 4 is 93.1 Å². The van der Waals surface area contributed by atoms with Crippen molar-refractivity contribution in [3.05, 3.63) is 255 Å². The van der Waals surface area contributed by atoms with E-state index in [0.717, 1.165) is 66.8 Å². The lowest BCUT2D eigenvalue weighted by Crippen LogP contribution is -2.10. The minimum absolute atomic E-state index is 0.884. The van der Waals surface area contributed by atoms with Crippen molar-refractivity contribution < 1.29 is 4.42 Å². The molecule has 0 atom stereocenters. The van der Waals surface area contributed by atoms with E-state index in [4.69, 9.17) is 4.42 Å². The summed E-state index contributed by atoms with van der Waals surface area (Å²) in [6, 6.07) is 92.5. The highest BCUT2D eigenvalue weighted by atomic mass is 16.3. The molecule has 14 rings (SSSR count). The van der Waals surface area contributed by atoms with Gasteiger partial charge in [0.05, 0.1) is 16.7 Å². The SMILES string of the molecule is c1cc(-c2cccc3oc4c5ccccc5ccc4c23)cc(N(c2ccc(-c3ccccc3-n3c4ccccc4c4ccccc43)cc2)c2ccc(-c3cc4ccccc4c4ccccc34)cc2)c1. The maximum atomic E-state index is 6.65. The molecule has 0 unspecified atom stereocenters. The van der Waals surface area contributed by atoms with Crippen LogP contribution in [0.3, 0.4) is 0 Å². The van der Waals surface area contributed by atoms with Gasteiger partial charge in [-0.25, -0.2) is 0 Å². The molecule has 322 valence electrons. The first-order valence-electron chi connectivity index (χ1n) is 23.7. The largest absolute Gasteiger partial charge is 0.455 e. The number of anilines is 3. The summed E-state index contributed by atoms with van der Waals surface area (Å²) in [7, 11) is 0. The van der Waals surface area contributed by atoms with Crippen LogP contribution < -0.4 is 4.90 Å². The summed E-state index contributed by atoms with van der Waals surface area (Å²) >= 11 is 0. The molecule has 2 aromatic heterocycles. The highest BCUT2D eigenvalue weighted by molar-refractivity contribution is 6.19. The topological polar surface area (TPSA) is 21.3 Å². The van der Waals surface area contributed by atoms with Crippen molar-refractivity contribution in [1.29, 1.82) is 0 Å². The van der Waals surface area contributed by atoms with Crippen LogP contribution >= 0.6 is 0 Å². The molecule has 0 fully saturated rings. The predicted molar refractivity (Wildman–Crippen MR) is 292 cm³/mol. The van der Waals surface area contributed by atoms with Crippen LogP contribution in [0.5, 0.6) is 0 Å². The molecule has 14 aromatic rings. The third-order valence-corrected chi connectivity index (χ3v) is 14.2. The highest BCUT2D eigenvalue weighted by Crippen LogP contribution is 2.44. The molecule has 12 aromatic carbocycles. The molecule has 0 spiro atoms. The Balaban J connectivity index is 0.916. The lowest BCUT2D eigenvalue weighted by molar-refractivity contribution is 0.673. The third kappa shape index (κ3) is 6.29. The van der Waals surface area contributed by atoms with Crippen molar-refractivity contribution in [3.8, 4) is 39.1 Å². The summed E-state index contributed by atoms with van der Waals surface area (Å²) in [5.41, 5.74) is 15.5. The van der Waals surface area contributed by atoms with Crippen molar-refractivity contribution in [2.24, 2.45) is 0 Å². The Kier molecular flexibility index (Phi) is 8.90. The minimum atomic E-state index is 0.884. The Bertz CT molecular complexity index is 4260.